The Morgan fingerprint density at radius 2 is 2.40 bits per heavy atom. The standard InChI is InChI=1S/C13H18N4OS2/c1-3-8-7-17(4-5-19-8)13-10(12(18)16-2)11(15)9(6-14)20-13/h8H,3-5,7,15H2,1-2H3,(H,16,18). The van der Waals surface area contributed by atoms with E-state index in [0.717, 1.165) is 30.3 Å². The molecule has 1 aromatic heterocycles. The SMILES string of the molecule is CCC1CN(c2sc(C#N)c(N)c2C(=O)NC)CCS1. The maximum Gasteiger partial charge on any atom is 0.256 e. The summed E-state index contributed by atoms with van der Waals surface area (Å²) in [6, 6.07) is 2.08. The molecule has 108 valence electrons. The van der Waals surface area contributed by atoms with Crippen molar-refractivity contribution in [1.29, 1.82) is 5.26 Å². The molecule has 0 aromatic carbocycles. The van der Waals surface area contributed by atoms with Crippen LogP contribution in [0.5, 0.6) is 0 Å². The van der Waals surface area contributed by atoms with Crippen LogP contribution in [0.3, 0.4) is 0 Å². The monoisotopic (exact) mass is 310 g/mol. The number of thiophene rings is 1. The number of hydrogen-bond acceptors (Lipinski definition) is 6. The fraction of sp³-hybridized carbons (Fsp3) is 0.538. The van der Waals surface area contributed by atoms with Gasteiger partial charge in [-0.2, -0.15) is 17.0 Å². The van der Waals surface area contributed by atoms with Crippen LogP contribution in [0.2, 0.25) is 0 Å². The number of hydrogen-bond donors (Lipinski definition) is 2. The maximum absolute atomic E-state index is 12.1. The third kappa shape index (κ3) is 2.72. The van der Waals surface area contributed by atoms with E-state index in [1.807, 2.05) is 11.8 Å². The molecule has 0 bridgehead atoms. The number of nitrogens with zero attached hydrogens (tertiary/aromatic N) is 2. The first kappa shape index (κ1) is 15.0. The number of nitrogens with two attached hydrogens (primary N) is 1. The number of nitriles is 1. The molecule has 0 aliphatic carbocycles. The van der Waals surface area contributed by atoms with Crippen molar-refractivity contribution in [1.82, 2.24) is 5.32 Å². The molecule has 2 heterocycles. The number of carbonyl (C=O) groups excluding carboxylic acids is 1. The molecule has 0 radical (unpaired) electrons. The van der Waals surface area contributed by atoms with E-state index in [0.29, 0.717) is 21.4 Å². The number of amides is 1. The molecule has 1 aliphatic rings. The predicted molar refractivity (Wildman–Crippen MR) is 85.6 cm³/mol. The topological polar surface area (TPSA) is 82.2 Å². The third-order valence-corrected chi connectivity index (χ3v) is 5.91. The van der Waals surface area contributed by atoms with Gasteiger partial charge in [0.25, 0.3) is 5.91 Å². The van der Waals surface area contributed by atoms with Gasteiger partial charge in [-0.25, -0.2) is 0 Å². The van der Waals surface area contributed by atoms with Gasteiger partial charge < -0.3 is 16.0 Å². The highest BCUT2D eigenvalue weighted by Gasteiger charge is 2.28. The molecule has 1 atom stereocenters. The van der Waals surface area contributed by atoms with Crippen LogP contribution in [-0.4, -0.2) is 37.0 Å². The van der Waals surface area contributed by atoms with Gasteiger partial charge in [0.05, 0.1) is 11.3 Å². The lowest BCUT2D eigenvalue weighted by Gasteiger charge is -2.33. The fourth-order valence-corrected chi connectivity index (χ4v) is 4.46. The summed E-state index contributed by atoms with van der Waals surface area (Å²) in [7, 11) is 1.58. The smallest absolute Gasteiger partial charge is 0.256 e. The van der Waals surface area contributed by atoms with Gasteiger partial charge in [0.2, 0.25) is 0 Å². The second kappa shape index (κ2) is 6.37. The molecular formula is C13H18N4OS2. The zero-order chi connectivity index (χ0) is 14.7. The molecule has 1 saturated heterocycles. The molecular weight excluding hydrogens is 292 g/mol. The second-order valence-corrected chi connectivity index (χ2v) is 6.97. The van der Waals surface area contributed by atoms with E-state index >= 15 is 0 Å². The maximum atomic E-state index is 12.1. The van der Waals surface area contributed by atoms with Gasteiger partial charge in [0.15, 0.2) is 0 Å². The fourth-order valence-electron chi connectivity index (χ4n) is 2.23. The van der Waals surface area contributed by atoms with Gasteiger partial charge in [-0.3, -0.25) is 4.79 Å². The molecule has 0 saturated carbocycles. The van der Waals surface area contributed by atoms with Crippen LogP contribution in [0.25, 0.3) is 0 Å². The number of carbonyl (C=O) groups is 1. The van der Waals surface area contributed by atoms with Crippen LogP contribution in [-0.2, 0) is 0 Å². The molecule has 1 unspecified atom stereocenters. The van der Waals surface area contributed by atoms with Crippen LogP contribution >= 0.6 is 23.1 Å². The largest absolute Gasteiger partial charge is 0.396 e. The Kier molecular flexibility index (Phi) is 4.78. The highest BCUT2D eigenvalue weighted by atomic mass is 32.2. The number of thioether (sulfide) groups is 1. The molecule has 1 fully saturated rings. The van der Waals surface area contributed by atoms with E-state index in [4.69, 9.17) is 11.0 Å². The summed E-state index contributed by atoms with van der Waals surface area (Å²) in [6.45, 7) is 3.95. The van der Waals surface area contributed by atoms with Crippen LogP contribution in [0.1, 0.15) is 28.6 Å². The molecule has 1 aromatic rings. The van der Waals surface area contributed by atoms with Gasteiger partial charge in [0, 0.05) is 31.1 Å². The van der Waals surface area contributed by atoms with E-state index in [-0.39, 0.29) is 5.91 Å². The summed E-state index contributed by atoms with van der Waals surface area (Å²) in [5.74, 6) is 0.812. The number of anilines is 2. The van der Waals surface area contributed by atoms with Crippen molar-refractivity contribution < 1.29 is 4.79 Å². The molecule has 1 aliphatic heterocycles. The number of nitrogen functional groups attached to an aromatic ring is 1. The van der Waals surface area contributed by atoms with Gasteiger partial charge in [0.1, 0.15) is 15.9 Å². The molecule has 0 spiro atoms. The molecule has 20 heavy (non-hydrogen) atoms. The summed E-state index contributed by atoms with van der Waals surface area (Å²) < 4.78 is 0. The number of nitrogens with one attached hydrogen (secondary N) is 1. The lowest BCUT2D eigenvalue weighted by Crippen LogP contribution is -2.38. The Morgan fingerprint density at radius 3 is 3.00 bits per heavy atom. The van der Waals surface area contributed by atoms with Gasteiger partial charge >= 0.3 is 0 Å². The molecule has 5 nitrogen and oxygen atoms in total. The van der Waals surface area contributed by atoms with E-state index < -0.39 is 0 Å². The Morgan fingerprint density at radius 1 is 1.65 bits per heavy atom. The first-order valence-electron chi connectivity index (χ1n) is 6.53. The average molecular weight is 310 g/mol. The molecule has 1 amide bonds. The predicted octanol–water partition coefficient (Wildman–Crippen LogP) is 1.89. The Balaban J connectivity index is 2.40. The van der Waals surface area contributed by atoms with Crippen LogP contribution in [0.4, 0.5) is 10.7 Å². The minimum Gasteiger partial charge on any atom is -0.396 e. The third-order valence-electron chi connectivity index (χ3n) is 3.36. The normalized spacial score (nSPS) is 18.6. The summed E-state index contributed by atoms with van der Waals surface area (Å²) >= 11 is 3.28. The summed E-state index contributed by atoms with van der Waals surface area (Å²) in [5, 5.41) is 13.1. The first-order valence-corrected chi connectivity index (χ1v) is 8.39. The van der Waals surface area contributed by atoms with Crippen molar-refractivity contribution in [3.8, 4) is 6.07 Å². The second-order valence-electron chi connectivity index (χ2n) is 4.56. The summed E-state index contributed by atoms with van der Waals surface area (Å²) in [4.78, 5) is 14.7. The quantitative estimate of drug-likeness (QED) is 0.891. The first-order chi connectivity index (χ1) is 9.62. The average Bonchev–Trinajstić information content (AvgIpc) is 2.83. The van der Waals surface area contributed by atoms with Crippen molar-refractivity contribution in [2.45, 2.75) is 18.6 Å². The highest BCUT2D eigenvalue weighted by Crippen LogP contribution is 2.39. The van der Waals surface area contributed by atoms with Gasteiger partial charge in [-0.1, -0.05) is 6.92 Å². The zero-order valence-corrected chi connectivity index (χ0v) is 13.2. The lowest BCUT2D eigenvalue weighted by atomic mass is 10.2. The molecule has 3 N–H and O–H groups in total. The summed E-state index contributed by atoms with van der Waals surface area (Å²) in [5.41, 5.74) is 6.72. The van der Waals surface area contributed by atoms with Crippen molar-refractivity contribution in [3.05, 3.63) is 10.4 Å². The van der Waals surface area contributed by atoms with Gasteiger partial charge in [-0.15, -0.1) is 11.3 Å². The van der Waals surface area contributed by atoms with Crippen LogP contribution < -0.4 is 16.0 Å². The highest BCUT2D eigenvalue weighted by molar-refractivity contribution is 8.00. The Labute approximate surface area is 127 Å². The number of rotatable bonds is 3. The zero-order valence-electron chi connectivity index (χ0n) is 11.6. The van der Waals surface area contributed by atoms with E-state index in [1.165, 1.54) is 11.3 Å². The van der Waals surface area contributed by atoms with Crippen molar-refractivity contribution in [2.24, 2.45) is 0 Å². The summed E-state index contributed by atoms with van der Waals surface area (Å²) in [6.07, 6.45) is 1.10. The van der Waals surface area contributed by atoms with E-state index in [1.54, 1.807) is 7.05 Å². The minimum absolute atomic E-state index is 0.221. The van der Waals surface area contributed by atoms with Crippen LogP contribution in [0, 0.1) is 11.3 Å². The van der Waals surface area contributed by atoms with Crippen molar-refractivity contribution in [2.75, 3.05) is 36.5 Å². The van der Waals surface area contributed by atoms with Crippen molar-refractivity contribution >= 4 is 39.7 Å². The molecule has 7 heteroatoms. The Bertz CT molecular complexity index is 549. The van der Waals surface area contributed by atoms with Crippen LogP contribution in [0.15, 0.2) is 0 Å². The Hall–Kier alpha value is -1.39. The van der Waals surface area contributed by atoms with E-state index in [2.05, 4.69) is 23.2 Å². The van der Waals surface area contributed by atoms with Gasteiger partial charge in [-0.05, 0) is 6.42 Å². The van der Waals surface area contributed by atoms with E-state index in [9.17, 15) is 4.79 Å². The minimum atomic E-state index is -0.221. The lowest BCUT2D eigenvalue weighted by molar-refractivity contribution is 0.0965. The van der Waals surface area contributed by atoms with Crippen molar-refractivity contribution in [3.63, 3.8) is 0 Å². The molecule has 2 rings (SSSR count).